The molecule has 0 radical (unpaired) electrons. The quantitative estimate of drug-likeness (QED) is 0.490. The number of H-pyrrole nitrogens is 1. The van der Waals surface area contributed by atoms with Crippen LogP contribution < -0.4 is 10.6 Å². The average molecular weight is 537 g/mol. The highest BCUT2D eigenvalue weighted by Gasteiger charge is 2.38. The first-order chi connectivity index (χ1) is 18.5. The van der Waals surface area contributed by atoms with Crippen molar-refractivity contribution in [2.24, 2.45) is 5.92 Å². The minimum atomic E-state index is -0.674. The Morgan fingerprint density at radius 2 is 2.05 bits per heavy atom. The van der Waals surface area contributed by atoms with E-state index in [1.165, 1.54) is 17.4 Å². The number of aromatic amines is 1. The molecule has 1 unspecified atom stereocenters. The molecule has 4 heterocycles. The third-order valence-corrected chi connectivity index (χ3v) is 6.96. The molecule has 39 heavy (non-hydrogen) atoms. The molecule has 206 valence electrons. The van der Waals surface area contributed by atoms with Gasteiger partial charge in [0, 0.05) is 25.7 Å². The van der Waals surface area contributed by atoms with Gasteiger partial charge in [-0.25, -0.2) is 14.8 Å². The number of nitrogens with one attached hydrogen (secondary N) is 3. The van der Waals surface area contributed by atoms with E-state index in [-0.39, 0.29) is 42.1 Å². The first-order valence-corrected chi connectivity index (χ1v) is 13.0. The molecule has 3 aliphatic rings. The molecule has 3 amide bonds. The van der Waals surface area contributed by atoms with Crippen molar-refractivity contribution < 1.29 is 28.7 Å². The number of fused-ring (bicyclic) bond motifs is 1. The van der Waals surface area contributed by atoms with Crippen LogP contribution in [0, 0.1) is 5.92 Å². The molecule has 2 aromatic heterocycles. The van der Waals surface area contributed by atoms with E-state index in [0.29, 0.717) is 42.5 Å². The smallest absolute Gasteiger partial charge is 0.329 e. The topological polar surface area (TPSA) is 156 Å². The van der Waals surface area contributed by atoms with Crippen LogP contribution in [0.3, 0.4) is 0 Å². The van der Waals surface area contributed by atoms with E-state index in [0.717, 1.165) is 11.3 Å². The van der Waals surface area contributed by atoms with Gasteiger partial charge in [-0.15, -0.1) is 0 Å². The van der Waals surface area contributed by atoms with Crippen LogP contribution in [0.15, 0.2) is 35.6 Å². The summed E-state index contributed by atoms with van der Waals surface area (Å²) in [6.45, 7) is 8.07. The van der Waals surface area contributed by atoms with Crippen molar-refractivity contribution >= 4 is 34.7 Å². The molecule has 1 fully saturated rings. The van der Waals surface area contributed by atoms with Crippen LogP contribution in [0.2, 0.25) is 0 Å². The van der Waals surface area contributed by atoms with Gasteiger partial charge in [0.05, 0.1) is 16.8 Å². The second-order valence-corrected chi connectivity index (χ2v) is 11.0. The molecule has 2 aromatic rings. The van der Waals surface area contributed by atoms with Crippen LogP contribution in [0.1, 0.15) is 67.8 Å². The van der Waals surface area contributed by atoms with Gasteiger partial charge in [0.15, 0.2) is 12.3 Å². The molecule has 2 aliphatic heterocycles. The molecular weight excluding hydrogens is 504 g/mol. The van der Waals surface area contributed by atoms with E-state index < -0.39 is 23.5 Å². The van der Waals surface area contributed by atoms with Crippen LogP contribution >= 0.6 is 0 Å². The fourth-order valence-corrected chi connectivity index (χ4v) is 5.05. The number of likely N-dealkylation sites (tertiary alicyclic amines) is 1. The van der Waals surface area contributed by atoms with E-state index in [4.69, 9.17) is 9.47 Å². The molecule has 3 N–H and O–H groups in total. The Labute approximate surface area is 225 Å². The number of carbonyl (C=O) groups excluding carboxylic acids is 4. The summed E-state index contributed by atoms with van der Waals surface area (Å²) < 4.78 is 11.0. The molecule has 2 atom stereocenters. The maximum Gasteiger partial charge on any atom is 0.329 e. The SMILES string of the molecule is CC1CC2=C(C=C1CNC(=O)c1ncnc3c(C(=O)N4CCC[C@H]4C(=O)OC(C)(C)C)c[nH]c13)NC(=O)CO2. The maximum atomic E-state index is 13.5. The monoisotopic (exact) mass is 536 g/mol. The number of rotatable bonds is 5. The summed E-state index contributed by atoms with van der Waals surface area (Å²) in [5.41, 5.74) is 1.88. The van der Waals surface area contributed by atoms with E-state index in [1.54, 1.807) is 20.8 Å². The zero-order chi connectivity index (χ0) is 27.9. The second-order valence-electron chi connectivity index (χ2n) is 11.0. The Kier molecular flexibility index (Phi) is 6.87. The lowest BCUT2D eigenvalue weighted by Crippen LogP contribution is -2.43. The predicted octanol–water partition coefficient (Wildman–Crippen LogP) is 1.96. The van der Waals surface area contributed by atoms with Gasteiger partial charge in [-0.2, -0.15) is 0 Å². The highest BCUT2D eigenvalue weighted by atomic mass is 16.6. The van der Waals surface area contributed by atoms with Gasteiger partial charge in [0.2, 0.25) is 0 Å². The average Bonchev–Trinajstić information content (AvgIpc) is 3.54. The van der Waals surface area contributed by atoms with Crippen molar-refractivity contribution in [3.05, 3.63) is 46.9 Å². The summed E-state index contributed by atoms with van der Waals surface area (Å²) in [5.74, 6) is -0.594. The highest BCUT2D eigenvalue weighted by molar-refractivity contribution is 6.11. The predicted molar refractivity (Wildman–Crippen MR) is 139 cm³/mol. The van der Waals surface area contributed by atoms with Crippen molar-refractivity contribution in [3.8, 4) is 0 Å². The Balaban J connectivity index is 1.32. The van der Waals surface area contributed by atoms with Crippen LogP contribution in [0.5, 0.6) is 0 Å². The summed E-state index contributed by atoms with van der Waals surface area (Å²) >= 11 is 0. The normalized spacial score (nSPS) is 21.2. The van der Waals surface area contributed by atoms with Crippen molar-refractivity contribution in [2.75, 3.05) is 19.7 Å². The standard InChI is InChI=1S/C27H32N6O6/c1-14-8-19-17(32-20(34)12-38-19)9-15(14)10-29-24(35)23-22-21(30-13-31-23)16(11-28-22)25(36)33-7-5-6-18(33)26(37)39-27(2,3)4/h9,11,13-14,18,28H,5-8,10,12H2,1-4H3,(H,29,35)(H,32,34)/t14?,18-/m0/s1. The Morgan fingerprint density at radius 3 is 2.82 bits per heavy atom. The molecule has 0 aromatic carbocycles. The van der Waals surface area contributed by atoms with Crippen molar-refractivity contribution in [3.63, 3.8) is 0 Å². The van der Waals surface area contributed by atoms with E-state index in [1.807, 2.05) is 13.0 Å². The lowest BCUT2D eigenvalue weighted by molar-refractivity contribution is -0.159. The minimum absolute atomic E-state index is 0.00916. The molecule has 0 saturated carbocycles. The number of aromatic nitrogens is 3. The van der Waals surface area contributed by atoms with Gasteiger partial charge in [0.1, 0.15) is 29.2 Å². The minimum Gasteiger partial charge on any atom is -0.486 e. The molecule has 12 nitrogen and oxygen atoms in total. The van der Waals surface area contributed by atoms with E-state index >= 15 is 0 Å². The molecule has 0 bridgehead atoms. The first kappa shape index (κ1) is 26.4. The van der Waals surface area contributed by atoms with Gasteiger partial charge in [-0.1, -0.05) is 6.92 Å². The number of esters is 1. The number of hydrogen-bond donors (Lipinski definition) is 3. The Morgan fingerprint density at radius 1 is 1.26 bits per heavy atom. The molecule has 0 spiro atoms. The zero-order valence-electron chi connectivity index (χ0n) is 22.4. The second kappa shape index (κ2) is 10.2. The number of allylic oxidation sites excluding steroid dienone is 2. The van der Waals surface area contributed by atoms with Crippen molar-refractivity contribution in [1.82, 2.24) is 30.5 Å². The number of amides is 3. The number of ether oxygens (including phenoxy) is 2. The fourth-order valence-electron chi connectivity index (χ4n) is 5.05. The highest BCUT2D eigenvalue weighted by Crippen LogP contribution is 2.30. The zero-order valence-corrected chi connectivity index (χ0v) is 22.4. The number of carbonyl (C=O) groups is 4. The lowest BCUT2D eigenvalue weighted by atomic mass is 9.90. The van der Waals surface area contributed by atoms with E-state index in [9.17, 15) is 19.2 Å². The lowest BCUT2D eigenvalue weighted by Gasteiger charge is -2.28. The third kappa shape index (κ3) is 5.36. The van der Waals surface area contributed by atoms with Gasteiger partial charge < -0.3 is 30.0 Å². The third-order valence-electron chi connectivity index (χ3n) is 6.96. The Bertz CT molecular complexity index is 1420. The van der Waals surface area contributed by atoms with Crippen LogP contribution in [-0.4, -0.2) is 74.9 Å². The van der Waals surface area contributed by atoms with Gasteiger partial charge in [0.25, 0.3) is 17.7 Å². The van der Waals surface area contributed by atoms with Gasteiger partial charge >= 0.3 is 5.97 Å². The van der Waals surface area contributed by atoms with Gasteiger partial charge in [-0.3, -0.25) is 14.4 Å². The summed E-state index contributed by atoms with van der Waals surface area (Å²) in [5, 5.41) is 5.69. The first-order valence-electron chi connectivity index (χ1n) is 13.0. The van der Waals surface area contributed by atoms with Crippen molar-refractivity contribution in [1.29, 1.82) is 0 Å². The maximum absolute atomic E-state index is 13.5. The largest absolute Gasteiger partial charge is 0.486 e. The van der Waals surface area contributed by atoms with E-state index in [2.05, 4.69) is 25.6 Å². The molecular formula is C27H32N6O6. The van der Waals surface area contributed by atoms with Crippen LogP contribution in [0.25, 0.3) is 11.0 Å². The van der Waals surface area contributed by atoms with Gasteiger partial charge in [-0.05, 0) is 51.2 Å². The van der Waals surface area contributed by atoms with Crippen LogP contribution in [-0.2, 0) is 19.1 Å². The van der Waals surface area contributed by atoms with Crippen molar-refractivity contribution in [2.45, 2.75) is 58.6 Å². The summed E-state index contributed by atoms with van der Waals surface area (Å²) in [4.78, 5) is 63.9. The molecule has 1 saturated heterocycles. The van der Waals surface area contributed by atoms with Crippen LogP contribution in [0.4, 0.5) is 0 Å². The summed E-state index contributed by atoms with van der Waals surface area (Å²) in [6.07, 6.45) is 6.40. The summed E-state index contributed by atoms with van der Waals surface area (Å²) in [6, 6.07) is -0.674. The fraction of sp³-hybridized carbons (Fsp3) is 0.481. The molecule has 1 aliphatic carbocycles. The Hall–Kier alpha value is -4.22. The summed E-state index contributed by atoms with van der Waals surface area (Å²) in [7, 11) is 0. The molecule has 12 heteroatoms. The number of hydrogen-bond acceptors (Lipinski definition) is 8. The number of nitrogens with zero attached hydrogens (tertiary/aromatic N) is 3. The molecule has 5 rings (SSSR count).